The molecule has 0 unspecified atom stereocenters. The van der Waals surface area contributed by atoms with Gasteiger partial charge in [-0.15, -0.1) is 10.2 Å². The fourth-order valence-electron chi connectivity index (χ4n) is 3.44. The molecule has 1 amide bonds. The summed E-state index contributed by atoms with van der Waals surface area (Å²) in [4.78, 5) is 16.1. The summed E-state index contributed by atoms with van der Waals surface area (Å²) in [7, 11) is 0. The smallest absolute Gasteiger partial charge is 0.243 e. The van der Waals surface area contributed by atoms with Gasteiger partial charge in [0.25, 0.3) is 0 Å². The number of piperidine rings is 1. The summed E-state index contributed by atoms with van der Waals surface area (Å²) in [6, 6.07) is 14.3. The molecule has 2 aromatic heterocycles. The summed E-state index contributed by atoms with van der Waals surface area (Å²) in [5.41, 5.74) is 1.32. The Morgan fingerprint density at radius 3 is 2.68 bits per heavy atom. The third kappa shape index (κ3) is 4.64. The molecule has 1 fully saturated rings. The number of aromatic nitrogens is 4. The molecule has 3 aromatic rings. The van der Waals surface area contributed by atoms with Crippen LogP contribution in [0.4, 0.5) is 0 Å². The number of nitrogens with zero attached hydrogens (tertiary/aromatic N) is 5. The molecule has 1 aliphatic rings. The molecule has 0 radical (unpaired) electrons. The fraction of sp³-hybridized carbons (Fsp3) is 0.400. The average Bonchev–Trinajstić information content (AvgIpc) is 3.33. The molecule has 0 saturated carbocycles. The van der Waals surface area contributed by atoms with Crippen molar-refractivity contribution in [1.82, 2.24) is 30.4 Å². The number of hydrogen-bond donors (Lipinski definition) is 1. The monoisotopic (exact) mass is 380 g/mol. The van der Waals surface area contributed by atoms with E-state index in [2.05, 4.69) is 49.9 Å². The van der Waals surface area contributed by atoms with Crippen molar-refractivity contribution in [2.24, 2.45) is 0 Å². The number of carbonyl (C=O) groups is 1. The Kier molecular flexibility index (Phi) is 5.48. The van der Waals surface area contributed by atoms with Gasteiger partial charge in [0.2, 0.25) is 11.7 Å². The van der Waals surface area contributed by atoms with Crippen molar-refractivity contribution in [3.05, 3.63) is 53.8 Å². The molecular weight excluding hydrogens is 356 g/mol. The van der Waals surface area contributed by atoms with Crippen LogP contribution in [-0.2, 0) is 17.9 Å². The van der Waals surface area contributed by atoms with Crippen molar-refractivity contribution in [1.29, 1.82) is 0 Å². The summed E-state index contributed by atoms with van der Waals surface area (Å²) in [5, 5.41) is 15.2. The highest BCUT2D eigenvalue weighted by molar-refractivity contribution is 5.75. The number of nitrogens with one attached hydrogen (secondary N) is 1. The molecular formula is C20H24N6O2. The lowest BCUT2D eigenvalue weighted by Gasteiger charge is -2.32. The van der Waals surface area contributed by atoms with Crippen molar-refractivity contribution in [2.45, 2.75) is 38.9 Å². The zero-order chi connectivity index (χ0) is 19.3. The first-order chi connectivity index (χ1) is 13.7. The third-order valence-electron chi connectivity index (χ3n) is 4.90. The molecule has 28 heavy (non-hydrogen) atoms. The van der Waals surface area contributed by atoms with E-state index < -0.39 is 0 Å². The van der Waals surface area contributed by atoms with Crippen LogP contribution in [0.15, 0.2) is 46.9 Å². The normalized spacial score (nSPS) is 15.6. The standard InChI is InChI=1S/C20H24N6O2/c1-15-7-8-18(28-15)20-22-24-26(23-20)14-19(27)21-17-9-11-25(12-10-17)13-16-5-3-2-4-6-16/h2-8,17H,9-14H2,1H3,(H,21,27). The molecule has 1 saturated heterocycles. The molecule has 1 aromatic carbocycles. The SMILES string of the molecule is Cc1ccc(-c2nnn(CC(=O)NC3CCN(Cc4ccccc4)CC3)n2)o1. The lowest BCUT2D eigenvalue weighted by Crippen LogP contribution is -2.45. The van der Waals surface area contributed by atoms with E-state index in [9.17, 15) is 4.79 Å². The van der Waals surface area contributed by atoms with E-state index in [4.69, 9.17) is 4.42 Å². The van der Waals surface area contributed by atoms with E-state index in [1.54, 1.807) is 6.07 Å². The lowest BCUT2D eigenvalue weighted by atomic mass is 10.0. The second-order valence-corrected chi connectivity index (χ2v) is 7.16. The molecule has 3 heterocycles. The molecule has 1 N–H and O–H groups in total. The topological polar surface area (TPSA) is 89.1 Å². The van der Waals surface area contributed by atoms with Gasteiger partial charge in [0, 0.05) is 25.7 Å². The van der Waals surface area contributed by atoms with E-state index in [0.29, 0.717) is 11.6 Å². The molecule has 4 rings (SSSR count). The van der Waals surface area contributed by atoms with Crippen LogP contribution in [0.3, 0.4) is 0 Å². The van der Waals surface area contributed by atoms with Gasteiger partial charge < -0.3 is 9.73 Å². The van der Waals surface area contributed by atoms with Crippen LogP contribution in [0.5, 0.6) is 0 Å². The molecule has 0 spiro atoms. The first-order valence-electron chi connectivity index (χ1n) is 9.56. The van der Waals surface area contributed by atoms with Gasteiger partial charge in [-0.05, 0) is 42.7 Å². The van der Waals surface area contributed by atoms with Crippen molar-refractivity contribution in [3.63, 3.8) is 0 Å². The van der Waals surface area contributed by atoms with Gasteiger partial charge >= 0.3 is 0 Å². The Morgan fingerprint density at radius 1 is 1.18 bits per heavy atom. The Balaban J connectivity index is 1.23. The van der Waals surface area contributed by atoms with Crippen molar-refractivity contribution >= 4 is 5.91 Å². The van der Waals surface area contributed by atoms with Crippen LogP contribution in [0, 0.1) is 6.92 Å². The number of likely N-dealkylation sites (tertiary alicyclic amines) is 1. The van der Waals surface area contributed by atoms with Crippen LogP contribution < -0.4 is 5.32 Å². The molecule has 146 valence electrons. The second kappa shape index (κ2) is 8.35. The quantitative estimate of drug-likeness (QED) is 0.704. The van der Waals surface area contributed by atoms with Crippen LogP contribution >= 0.6 is 0 Å². The predicted octanol–water partition coefficient (Wildman–Crippen LogP) is 2.02. The molecule has 1 aliphatic heterocycles. The van der Waals surface area contributed by atoms with Crippen molar-refractivity contribution < 1.29 is 9.21 Å². The third-order valence-corrected chi connectivity index (χ3v) is 4.90. The van der Waals surface area contributed by atoms with Gasteiger partial charge in [-0.25, -0.2) is 0 Å². The maximum absolute atomic E-state index is 12.3. The predicted molar refractivity (Wildman–Crippen MR) is 103 cm³/mol. The summed E-state index contributed by atoms with van der Waals surface area (Å²) in [6.07, 6.45) is 1.89. The lowest BCUT2D eigenvalue weighted by molar-refractivity contribution is -0.123. The molecule has 8 heteroatoms. The van der Waals surface area contributed by atoms with E-state index in [0.717, 1.165) is 38.2 Å². The van der Waals surface area contributed by atoms with Gasteiger partial charge in [0.05, 0.1) is 0 Å². The van der Waals surface area contributed by atoms with Gasteiger partial charge in [0.1, 0.15) is 12.3 Å². The number of rotatable bonds is 6. The van der Waals surface area contributed by atoms with Gasteiger partial charge in [-0.3, -0.25) is 9.69 Å². The molecule has 0 bridgehead atoms. The minimum atomic E-state index is -0.0962. The maximum atomic E-state index is 12.3. The van der Waals surface area contributed by atoms with Gasteiger partial charge in [0.15, 0.2) is 5.76 Å². The first kappa shape index (κ1) is 18.4. The molecule has 0 atom stereocenters. The van der Waals surface area contributed by atoms with E-state index in [1.165, 1.54) is 10.4 Å². The number of benzene rings is 1. The Hall–Kier alpha value is -3.00. The number of hydrogen-bond acceptors (Lipinski definition) is 6. The average molecular weight is 380 g/mol. The Labute approximate surface area is 163 Å². The minimum Gasteiger partial charge on any atom is -0.458 e. The number of tetrazole rings is 1. The maximum Gasteiger partial charge on any atom is 0.243 e. The largest absolute Gasteiger partial charge is 0.458 e. The zero-order valence-corrected chi connectivity index (χ0v) is 15.9. The number of carbonyl (C=O) groups excluding carboxylic acids is 1. The van der Waals surface area contributed by atoms with E-state index in [1.807, 2.05) is 19.1 Å². The zero-order valence-electron chi connectivity index (χ0n) is 15.9. The highest BCUT2D eigenvalue weighted by Crippen LogP contribution is 2.17. The molecule has 8 nitrogen and oxygen atoms in total. The van der Waals surface area contributed by atoms with Gasteiger partial charge in [-0.2, -0.15) is 4.80 Å². The van der Waals surface area contributed by atoms with Gasteiger partial charge in [-0.1, -0.05) is 30.3 Å². The minimum absolute atomic E-state index is 0.0525. The van der Waals surface area contributed by atoms with Crippen molar-refractivity contribution in [2.75, 3.05) is 13.1 Å². The van der Waals surface area contributed by atoms with Crippen molar-refractivity contribution in [3.8, 4) is 11.6 Å². The van der Waals surface area contributed by atoms with Crippen LogP contribution in [0.2, 0.25) is 0 Å². The summed E-state index contributed by atoms with van der Waals surface area (Å²) in [6.45, 7) is 4.82. The summed E-state index contributed by atoms with van der Waals surface area (Å²) in [5.74, 6) is 1.62. The number of amides is 1. The Bertz CT molecular complexity index is 912. The second-order valence-electron chi connectivity index (χ2n) is 7.16. The van der Waals surface area contributed by atoms with Crippen LogP contribution in [-0.4, -0.2) is 50.1 Å². The highest BCUT2D eigenvalue weighted by atomic mass is 16.3. The van der Waals surface area contributed by atoms with E-state index in [-0.39, 0.29) is 18.5 Å². The van der Waals surface area contributed by atoms with Crippen LogP contribution in [0.25, 0.3) is 11.6 Å². The Morgan fingerprint density at radius 2 is 1.96 bits per heavy atom. The summed E-state index contributed by atoms with van der Waals surface area (Å²) >= 11 is 0. The van der Waals surface area contributed by atoms with E-state index >= 15 is 0 Å². The number of furan rings is 1. The fourth-order valence-corrected chi connectivity index (χ4v) is 3.44. The van der Waals surface area contributed by atoms with Crippen LogP contribution in [0.1, 0.15) is 24.2 Å². The highest BCUT2D eigenvalue weighted by Gasteiger charge is 2.21. The first-order valence-corrected chi connectivity index (χ1v) is 9.56. The molecule has 0 aliphatic carbocycles. The number of aryl methyl sites for hydroxylation is 1. The summed E-state index contributed by atoms with van der Waals surface area (Å²) < 4.78 is 5.48.